The second kappa shape index (κ2) is 7.44. The summed E-state index contributed by atoms with van der Waals surface area (Å²) in [7, 11) is -1.67. The Kier molecular flexibility index (Phi) is 5.56. The SMILES string of the molecule is [Br][Ge]([Br])=[P](c1ccccc1)(c1ccccc1)c1ccccc1. The fourth-order valence-electron chi connectivity index (χ4n) is 2.69. The van der Waals surface area contributed by atoms with Crippen molar-refractivity contribution in [3.05, 3.63) is 91.0 Å². The maximum atomic E-state index is 4.04. The Labute approximate surface area is 149 Å². The molecule has 0 amide bonds. The first-order chi connectivity index (χ1) is 10.8. The maximum absolute atomic E-state index is 4.04. The Morgan fingerprint density at radius 2 is 0.773 bits per heavy atom. The first kappa shape index (κ1) is 16.5. The summed E-state index contributed by atoms with van der Waals surface area (Å²) in [6.07, 6.45) is 0. The summed E-state index contributed by atoms with van der Waals surface area (Å²) >= 11 is 8.08. The first-order valence-electron chi connectivity index (χ1n) is 7.00. The van der Waals surface area contributed by atoms with Gasteiger partial charge in [-0.3, -0.25) is 0 Å². The number of halogens is 2. The number of hydrogen-bond donors (Lipinski definition) is 0. The molecule has 22 heavy (non-hydrogen) atoms. The topological polar surface area (TPSA) is 0 Å². The van der Waals surface area contributed by atoms with Crippen molar-refractivity contribution in [3.8, 4) is 0 Å². The van der Waals surface area contributed by atoms with E-state index >= 15 is 0 Å². The summed E-state index contributed by atoms with van der Waals surface area (Å²) in [6, 6.07) is 32.9. The van der Waals surface area contributed by atoms with Crippen molar-refractivity contribution in [2.24, 2.45) is 0 Å². The fraction of sp³-hybridized carbons (Fsp3) is 0. The Bertz CT molecular complexity index is 695. The van der Waals surface area contributed by atoms with Gasteiger partial charge in [-0.25, -0.2) is 0 Å². The molecule has 0 aliphatic heterocycles. The second-order valence-corrected chi connectivity index (χ2v) is 35.5. The van der Waals surface area contributed by atoms with E-state index in [0.717, 1.165) is 0 Å². The molecule has 0 heterocycles. The van der Waals surface area contributed by atoms with Gasteiger partial charge in [0.25, 0.3) is 0 Å². The van der Waals surface area contributed by atoms with Crippen molar-refractivity contribution >= 4 is 59.1 Å². The second-order valence-electron chi connectivity index (χ2n) is 4.92. The molecule has 0 aromatic heterocycles. The molecule has 4 heteroatoms. The van der Waals surface area contributed by atoms with Crippen LogP contribution in [0.25, 0.3) is 0 Å². The zero-order chi connectivity index (χ0) is 15.4. The van der Waals surface area contributed by atoms with E-state index in [-0.39, 0.29) is 0 Å². The molecule has 110 valence electrons. The third-order valence-electron chi connectivity index (χ3n) is 3.68. The van der Waals surface area contributed by atoms with Gasteiger partial charge in [0.05, 0.1) is 0 Å². The van der Waals surface area contributed by atoms with Gasteiger partial charge in [-0.2, -0.15) is 0 Å². The standard InChI is InChI=1S/C18H15Br2GeP/c19-21(20)22(16-10-4-1-5-11-16,17-12-6-2-7-13-17)18-14-8-3-9-15-18/h1-15H. The zero-order valence-corrected chi connectivity index (χ0v) is 18.0. The van der Waals surface area contributed by atoms with Gasteiger partial charge >= 0.3 is 150 Å². The van der Waals surface area contributed by atoms with Crippen molar-refractivity contribution in [3.63, 3.8) is 0 Å². The monoisotopic (exact) mass is 494 g/mol. The van der Waals surface area contributed by atoms with Crippen LogP contribution in [0.1, 0.15) is 0 Å². The van der Waals surface area contributed by atoms with Gasteiger partial charge < -0.3 is 0 Å². The average Bonchev–Trinajstić information content (AvgIpc) is 2.58. The van der Waals surface area contributed by atoms with Gasteiger partial charge in [0.2, 0.25) is 0 Å². The average molecular weight is 495 g/mol. The molecule has 0 nitrogen and oxygen atoms in total. The van der Waals surface area contributed by atoms with E-state index in [1.165, 1.54) is 15.9 Å². The zero-order valence-electron chi connectivity index (χ0n) is 11.9. The third-order valence-corrected chi connectivity index (χ3v) is 32.1. The van der Waals surface area contributed by atoms with Crippen molar-refractivity contribution < 1.29 is 0 Å². The molecule has 0 aliphatic rings. The Morgan fingerprint density at radius 3 is 1.00 bits per heavy atom. The third kappa shape index (κ3) is 2.99. The van der Waals surface area contributed by atoms with Crippen LogP contribution >= 0.6 is 33.4 Å². The summed E-state index contributed by atoms with van der Waals surface area (Å²) in [5.41, 5.74) is -1.63. The minimum absolute atomic E-state index is 1.44. The molecule has 3 rings (SSSR count). The van der Waals surface area contributed by atoms with E-state index in [2.05, 4.69) is 119 Å². The molecule has 0 unspecified atom stereocenters. The predicted molar refractivity (Wildman–Crippen MR) is 109 cm³/mol. The summed E-state index contributed by atoms with van der Waals surface area (Å²) in [5, 5.41) is 4.32. The molecule has 0 radical (unpaired) electrons. The molecule has 3 aromatic rings. The van der Waals surface area contributed by atoms with Gasteiger partial charge in [0.1, 0.15) is 0 Å². The van der Waals surface area contributed by atoms with Crippen LogP contribution in [-0.4, -0.2) is 9.74 Å². The van der Waals surface area contributed by atoms with Crippen LogP contribution in [0.5, 0.6) is 0 Å². The first-order valence-corrected chi connectivity index (χ1v) is 21.4. The van der Waals surface area contributed by atoms with E-state index in [4.69, 9.17) is 0 Å². The molecular formula is C18H15Br2GeP. The minimum atomic E-state index is -1.67. The van der Waals surface area contributed by atoms with Crippen LogP contribution in [0, 0.1) is 0 Å². The molecule has 0 spiro atoms. The molecular weight excluding hydrogens is 480 g/mol. The van der Waals surface area contributed by atoms with E-state index in [9.17, 15) is 0 Å². The van der Waals surface area contributed by atoms with Crippen LogP contribution < -0.4 is 15.9 Å². The summed E-state index contributed by atoms with van der Waals surface area (Å²) in [4.78, 5) is 0. The molecule has 0 fully saturated rings. The van der Waals surface area contributed by atoms with Gasteiger partial charge in [0, 0.05) is 0 Å². The summed E-state index contributed by atoms with van der Waals surface area (Å²) < 4.78 is 0. The Balaban J connectivity index is 2.44. The van der Waals surface area contributed by atoms with Crippen LogP contribution in [0.15, 0.2) is 91.0 Å². The molecule has 0 saturated heterocycles. The fourth-order valence-corrected chi connectivity index (χ4v) is 31.7. The van der Waals surface area contributed by atoms with Gasteiger partial charge in [0.15, 0.2) is 0 Å². The normalized spacial score (nSPS) is 11.2. The van der Waals surface area contributed by atoms with Crippen LogP contribution in [0.3, 0.4) is 0 Å². The summed E-state index contributed by atoms with van der Waals surface area (Å²) in [6.45, 7) is 0. The Hall–Kier alpha value is -0.407. The van der Waals surface area contributed by atoms with Gasteiger partial charge in [-0.1, -0.05) is 0 Å². The van der Waals surface area contributed by atoms with Crippen LogP contribution in [0.4, 0.5) is 0 Å². The molecule has 0 N–H and O–H groups in total. The van der Waals surface area contributed by atoms with E-state index < -0.39 is 15.2 Å². The van der Waals surface area contributed by atoms with E-state index in [1.54, 1.807) is 0 Å². The molecule has 0 bridgehead atoms. The summed E-state index contributed by atoms with van der Waals surface area (Å²) in [5.74, 6) is 0. The molecule has 3 aromatic carbocycles. The molecule has 0 atom stereocenters. The van der Waals surface area contributed by atoms with E-state index in [0.29, 0.717) is 0 Å². The molecule has 0 aliphatic carbocycles. The van der Waals surface area contributed by atoms with Crippen molar-refractivity contribution in [1.82, 2.24) is 0 Å². The van der Waals surface area contributed by atoms with Crippen LogP contribution in [-0.2, 0) is 0 Å². The Morgan fingerprint density at radius 1 is 0.500 bits per heavy atom. The molecule has 0 saturated carbocycles. The van der Waals surface area contributed by atoms with Crippen molar-refractivity contribution in [2.45, 2.75) is 0 Å². The number of benzene rings is 3. The van der Waals surface area contributed by atoms with Crippen molar-refractivity contribution in [1.29, 1.82) is 0 Å². The van der Waals surface area contributed by atoms with Crippen molar-refractivity contribution in [2.75, 3.05) is 0 Å². The number of hydrogen-bond acceptors (Lipinski definition) is 0. The van der Waals surface area contributed by atoms with Crippen LogP contribution in [0.2, 0.25) is 0 Å². The van der Waals surface area contributed by atoms with Gasteiger partial charge in [-0.05, 0) is 0 Å². The van der Waals surface area contributed by atoms with E-state index in [1.807, 2.05) is 0 Å². The number of rotatable bonds is 3. The van der Waals surface area contributed by atoms with Gasteiger partial charge in [-0.15, -0.1) is 0 Å². The predicted octanol–water partition coefficient (Wildman–Crippen LogP) is 4.76. The quantitative estimate of drug-likeness (QED) is 0.364.